The molecular weight excluding hydrogens is 382 g/mol. The van der Waals surface area contributed by atoms with Crippen LogP contribution in [0, 0.1) is 6.92 Å². The molecule has 0 bridgehead atoms. The molecule has 30 heavy (non-hydrogen) atoms. The van der Waals surface area contributed by atoms with Crippen LogP contribution in [0.3, 0.4) is 0 Å². The summed E-state index contributed by atoms with van der Waals surface area (Å²) in [5.41, 5.74) is 3.34. The van der Waals surface area contributed by atoms with Crippen molar-refractivity contribution in [3.05, 3.63) is 53.9 Å². The van der Waals surface area contributed by atoms with Crippen LogP contribution in [0.15, 0.2) is 41.3 Å². The molecule has 1 fully saturated rings. The molecule has 1 saturated heterocycles. The van der Waals surface area contributed by atoms with Crippen molar-refractivity contribution in [3.8, 4) is 11.4 Å². The highest BCUT2D eigenvalue weighted by Crippen LogP contribution is 2.37. The molecule has 1 unspecified atom stereocenters. The zero-order valence-corrected chi connectivity index (χ0v) is 16.7. The summed E-state index contributed by atoms with van der Waals surface area (Å²) in [6, 6.07) is 5.71. The number of rotatable bonds is 6. The van der Waals surface area contributed by atoms with E-state index >= 15 is 0 Å². The molecule has 10 heteroatoms. The molecule has 5 heterocycles. The Labute approximate surface area is 172 Å². The molecule has 4 aromatic heterocycles. The monoisotopic (exact) mass is 403 g/mol. The third-order valence-corrected chi connectivity index (χ3v) is 5.09. The Kier molecular flexibility index (Phi) is 4.58. The van der Waals surface area contributed by atoms with Gasteiger partial charge in [-0.2, -0.15) is 10.1 Å². The maximum Gasteiger partial charge on any atom is 0.227 e. The first-order valence-corrected chi connectivity index (χ1v) is 9.87. The first-order chi connectivity index (χ1) is 14.7. The summed E-state index contributed by atoms with van der Waals surface area (Å²) < 4.78 is 5.66. The number of nitrogens with zero attached hydrogens (tertiary/aromatic N) is 7. The fraction of sp³-hybridized carbons (Fsp3) is 0.300. The third kappa shape index (κ3) is 3.36. The summed E-state index contributed by atoms with van der Waals surface area (Å²) in [5, 5.41) is 14.5. The molecule has 0 aliphatic carbocycles. The molecule has 1 aliphatic heterocycles. The number of aryl methyl sites for hydroxylation is 2. The zero-order chi connectivity index (χ0) is 20.5. The predicted molar refractivity (Wildman–Crippen MR) is 110 cm³/mol. The maximum absolute atomic E-state index is 5.66. The second-order valence-corrected chi connectivity index (χ2v) is 7.12. The van der Waals surface area contributed by atoms with Gasteiger partial charge in [-0.1, -0.05) is 12.1 Å². The first kappa shape index (κ1) is 18.2. The normalized spacial score (nSPS) is 15.8. The molecule has 0 amide bonds. The largest absolute Gasteiger partial charge is 0.358 e. The van der Waals surface area contributed by atoms with Crippen LogP contribution in [0.2, 0.25) is 0 Å². The molecule has 10 nitrogen and oxygen atoms in total. The van der Waals surface area contributed by atoms with Crippen molar-refractivity contribution in [1.29, 1.82) is 0 Å². The zero-order valence-electron chi connectivity index (χ0n) is 16.7. The number of aromatic amines is 1. The number of nitrogens with one attached hydrogen (secondary N) is 2. The van der Waals surface area contributed by atoms with Gasteiger partial charge in [0.1, 0.15) is 17.2 Å². The van der Waals surface area contributed by atoms with E-state index < -0.39 is 0 Å². The van der Waals surface area contributed by atoms with E-state index in [1.54, 1.807) is 18.6 Å². The van der Waals surface area contributed by atoms with Gasteiger partial charge >= 0.3 is 0 Å². The van der Waals surface area contributed by atoms with Crippen molar-refractivity contribution in [2.45, 2.75) is 32.7 Å². The fourth-order valence-electron chi connectivity index (χ4n) is 3.49. The van der Waals surface area contributed by atoms with E-state index in [1.807, 2.05) is 32.0 Å². The molecule has 1 aliphatic rings. The lowest BCUT2D eigenvalue weighted by Gasteiger charge is -2.39. The Bertz CT molecular complexity index is 1170. The van der Waals surface area contributed by atoms with Crippen molar-refractivity contribution in [2.24, 2.45) is 0 Å². The molecular formula is C20H21N9O. The molecule has 1 atom stereocenters. The van der Waals surface area contributed by atoms with E-state index in [0.717, 1.165) is 42.2 Å². The number of H-pyrrole nitrogens is 1. The van der Waals surface area contributed by atoms with Gasteiger partial charge in [-0.3, -0.25) is 15.1 Å². The molecule has 5 rings (SSSR count). The number of hydrogen-bond donors (Lipinski definition) is 2. The lowest BCUT2D eigenvalue weighted by atomic mass is 10.0. The minimum absolute atomic E-state index is 0.0378. The van der Waals surface area contributed by atoms with Gasteiger partial charge in [0.05, 0.1) is 11.7 Å². The van der Waals surface area contributed by atoms with Crippen LogP contribution >= 0.6 is 0 Å². The summed E-state index contributed by atoms with van der Waals surface area (Å²) in [7, 11) is 0. The van der Waals surface area contributed by atoms with Crippen LogP contribution in [0.4, 0.5) is 17.6 Å². The summed E-state index contributed by atoms with van der Waals surface area (Å²) in [6.45, 7) is 4.84. The Morgan fingerprint density at radius 2 is 2.07 bits per heavy atom. The third-order valence-electron chi connectivity index (χ3n) is 5.09. The van der Waals surface area contributed by atoms with Crippen LogP contribution in [0.25, 0.3) is 11.4 Å². The van der Waals surface area contributed by atoms with Gasteiger partial charge < -0.3 is 14.7 Å². The summed E-state index contributed by atoms with van der Waals surface area (Å²) >= 11 is 0. The Morgan fingerprint density at radius 1 is 1.17 bits per heavy atom. The molecule has 152 valence electrons. The van der Waals surface area contributed by atoms with E-state index in [2.05, 4.69) is 45.5 Å². The average molecular weight is 403 g/mol. The summed E-state index contributed by atoms with van der Waals surface area (Å²) in [6.07, 6.45) is 6.82. The van der Waals surface area contributed by atoms with E-state index in [9.17, 15) is 0 Å². The Balaban J connectivity index is 1.36. The summed E-state index contributed by atoms with van der Waals surface area (Å²) in [5.74, 6) is 2.81. The van der Waals surface area contributed by atoms with E-state index in [1.165, 1.54) is 0 Å². The van der Waals surface area contributed by atoms with E-state index in [0.29, 0.717) is 23.3 Å². The highest BCUT2D eigenvalue weighted by molar-refractivity contribution is 5.58. The van der Waals surface area contributed by atoms with Crippen molar-refractivity contribution < 1.29 is 4.52 Å². The van der Waals surface area contributed by atoms with Gasteiger partial charge in [0.2, 0.25) is 5.95 Å². The molecule has 2 N–H and O–H groups in total. The minimum atomic E-state index is 0.0378. The van der Waals surface area contributed by atoms with Gasteiger partial charge in [-0.15, -0.1) is 0 Å². The minimum Gasteiger partial charge on any atom is -0.358 e. The fourth-order valence-corrected chi connectivity index (χ4v) is 3.49. The SMILES string of the molecule is CCc1nccnc1-c1cc(C2CCN2c2nccc(Nc3cc(C)[nH]n3)n2)on1. The van der Waals surface area contributed by atoms with Gasteiger partial charge in [-0.05, 0) is 25.8 Å². The van der Waals surface area contributed by atoms with Gasteiger partial charge in [0, 0.05) is 43.0 Å². The second kappa shape index (κ2) is 7.54. The lowest BCUT2D eigenvalue weighted by molar-refractivity contribution is 0.315. The highest BCUT2D eigenvalue weighted by atomic mass is 16.5. The standard InChI is InChI=1S/C20H21N9O/c1-3-13-19(22-8-7-21-13)14-11-16(30-28-14)15-5-9-29(15)20-23-6-4-17(25-20)24-18-10-12(2)26-27-18/h4,6-8,10-11,15H,3,5,9H2,1-2H3,(H2,23,24,25,26,27). The molecule has 4 aromatic rings. The van der Waals surface area contributed by atoms with Crippen LogP contribution in [0.5, 0.6) is 0 Å². The van der Waals surface area contributed by atoms with E-state index in [-0.39, 0.29) is 6.04 Å². The quantitative estimate of drug-likeness (QED) is 0.499. The molecule has 0 spiro atoms. The van der Waals surface area contributed by atoms with Crippen molar-refractivity contribution in [3.63, 3.8) is 0 Å². The topological polar surface area (TPSA) is 122 Å². The second-order valence-electron chi connectivity index (χ2n) is 7.12. The van der Waals surface area contributed by atoms with Gasteiger partial charge in [-0.25, -0.2) is 4.98 Å². The van der Waals surface area contributed by atoms with Crippen LogP contribution in [0.1, 0.15) is 36.5 Å². The molecule has 0 saturated carbocycles. The molecule has 0 aromatic carbocycles. The Hall–Kier alpha value is -3.82. The van der Waals surface area contributed by atoms with Gasteiger partial charge in [0.25, 0.3) is 0 Å². The summed E-state index contributed by atoms with van der Waals surface area (Å²) in [4.78, 5) is 20.0. The van der Waals surface area contributed by atoms with Crippen LogP contribution in [-0.2, 0) is 6.42 Å². The van der Waals surface area contributed by atoms with Crippen molar-refractivity contribution >= 4 is 17.6 Å². The van der Waals surface area contributed by atoms with E-state index in [4.69, 9.17) is 4.52 Å². The number of hydrogen-bond acceptors (Lipinski definition) is 9. The Morgan fingerprint density at radius 3 is 2.83 bits per heavy atom. The van der Waals surface area contributed by atoms with Crippen molar-refractivity contribution in [2.75, 3.05) is 16.8 Å². The number of anilines is 3. The predicted octanol–water partition coefficient (Wildman–Crippen LogP) is 3.21. The smallest absolute Gasteiger partial charge is 0.227 e. The van der Waals surface area contributed by atoms with Gasteiger partial charge in [0.15, 0.2) is 11.6 Å². The molecule has 0 radical (unpaired) electrons. The van der Waals surface area contributed by atoms with Crippen LogP contribution in [-0.4, -0.2) is 41.8 Å². The first-order valence-electron chi connectivity index (χ1n) is 9.87. The lowest BCUT2D eigenvalue weighted by Crippen LogP contribution is -2.41. The number of aromatic nitrogens is 7. The average Bonchev–Trinajstić information content (AvgIpc) is 3.37. The van der Waals surface area contributed by atoms with Crippen LogP contribution < -0.4 is 10.2 Å². The maximum atomic E-state index is 5.66. The highest BCUT2D eigenvalue weighted by Gasteiger charge is 2.35. The van der Waals surface area contributed by atoms with Crippen molar-refractivity contribution in [1.82, 2.24) is 35.3 Å².